The Morgan fingerprint density at radius 2 is 1.35 bits per heavy atom. The molecule has 0 N–H and O–H groups in total. The SMILES string of the molecule is Fc1cc(F)c(F)c(C[N+]23CCN(CC2)CC3)c1F.[Br-]. The van der Waals surface area contributed by atoms with Gasteiger partial charge in [0.2, 0.25) is 0 Å². The van der Waals surface area contributed by atoms with Gasteiger partial charge < -0.3 is 21.5 Å². The summed E-state index contributed by atoms with van der Waals surface area (Å²) < 4.78 is 54.4. The minimum Gasteiger partial charge on any atom is -1.00 e. The lowest BCUT2D eigenvalue weighted by Gasteiger charge is -2.50. The molecule has 0 atom stereocenters. The molecular formula is C13H15BrF4N2. The zero-order valence-corrected chi connectivity index (χ0v) is 12.4. The van der Waals surface area contributed by atoms with Gasteiger partial charge in [0.15, 0.2) is 23.3 Å². The summed E-state index contributed by atoms with van der Waals surface area (Å²) in [6.45, 7) is 4.98. The predicted octanol–water partition coefficient (Wildman–Crippen LogP) is -1.11. The lowest BCUT2D eigenvalue weighted by atomic mass is 10.1. The molecule has 0 amide bonds. The number of halogens is 5. The number of hydrogen-bond donors (Lipinski definition) is 0. The van der Waals surface area contributed by atoms with Crippen LogP contribution in [0.3, 0.4) is 0 Å². The second-order valence-electron chi connectivity index (χ2n) is 5.46. The number of benzene rings is 1. The van der Waals surface area contributed by atoms with Crippen molar-refractivity contribution in [2.75, 3.05) is 39.3 Å². The first-order chi connectivity index (χ1) is 9.01. The molecular weight excluding hydrogens is 340 g/mol. The Balaban J connectivity index is 0.00000147. The first-order valence-corrected chi connectivity index (χ1v) is 6.40. The molecule has 1 aromatic carbocycles. The fourth-order valence-electron chi connectivity index (χ4n) is 3.07. The van der Waals surface area contributed by atoms with Crippen LogP contribution in [0, 0.1) is 23.3 Å². The van der Waals surface area contributed by atoms with Crippen molar-refractivity contribution in [1.29, 1.82) is 0 Å². The van der Waals surface area contributed by atoms with Gasteiger partial charge in [-0.3, -0.25) is 4.90 Å². The fraction of sp³-hybridized carbons (Fsp3) is 0.538. The molecule has 3 heterocycles. The average Bonchev–Trinajstić information content (AvgIpc) is 2.43. The van der Waals surface area contributed by atoms with Crippen molar-refractivity contribution in [3.05, 3.63) is 34.9 Å². The van der Waals surface area contributed by atoms with Crippen LogP contribution in [0.4, 0.5) is 17.6 Å². The number of quaternary nitrogens is 1. The van der Waals surface area contributed by atoms with Gasteiger partial charge in [-0.25, -0.2) is 17.6 Å². The van der Waals surface area contributed by atoms with Gasteiger partial charge in [0.1, 0.15) is 6.54 Å². The van der Waals surface area contributed by atoms with E-state index in [-0.39, 0.29) is 29.6 Å². The van der Waals surface area contributed by atoms with Crippen LogP contribution < -0.4 is 17.0 Å². The molecule has 0 saturated carbocycles. The zero-order valence-electron chi connectivity index (χ0n) is 10.8. The van der Waals surface area contributed by atoms with E-state index in [1.807, 2.05) is 0 Å². The average molecular weight is 355 g/mol. The normalized spacial score (nSPS) is 28.3. The van der Waals surface area contributed by atoms with E-state index in [0.29, 0.717) is 4.48 Å². The summed E-state index contributed by atoms with van der Waals surface area (Å²) >= 11 is 0. The number of nitrogens with zero attached hydrogens (tertiary/aromatic N) is 2. The molecule has 0 aliphatic carbocycles. The maximum Gasteiger partial charge on any atom is 0.170 e. The molecule has 3 fully saturated rings. The quantitative estimate of drug-likeness (QED) is 0.370. The summed E-state index contributed by atoms with van der Waals surface area (Å²) in [5.74, 6) is -5.13. The van der Waals surface area contributed by atoms with Gasteiger partial charge in [0.05, 0.1) is 25.2 Å². The van der Waals surface area contributed by atoms with Gasteiger partial charge in [-0.15, -0.1) is 0 Å². The van der Waals surface area contributed by atoms with Crippen LogP contribution in [-0.2, 0) is 6.54 Å². The molecule has 2 nitrogen and oxygen atoms in total. The number of fused-ring (bicyclic) bond motifs is 3. The Morgan fingerprint density at radius 3 is 1.80 bits per heavy atom. The summed E-state index contributed by atoms with van der Waals surface area (Å²) in [6, 6.07) is 0.266. The van der Waals surface area contributed by atoms with Gasteiger partial charge >= 0.3 is 0 Å². The molecule has 3 aliphatic rings. The van der Waals surface area contributed by atoms with E-state index in [4.69, 9.17) is 0 Å². The monoisotopic (exact) mass is 354 g/mol. The lowest BCUT2D eigenvalue weighted by Crippen LogP contribution is -3.00. The maximum absolute atomic E-state index is 13.7. The van der Waals surface area contributed by atoms with Crippen LogP contribution in [0.2, 0.25) is 0 Å². The largest absolute Gasteiger partial charge is 1.00 e. The summed E-state index contributed by atoms with van der Waals surface area (Å²) in [5.41, 5.74) is -0.451. The molecule has 1 aromatic rings. The van der Waals surface area contributed by atoms with Gasteiger partial charge in [-0.1, -0.05) is 0 Å². The molecule has 0 unspecified atom stereocenters. The fourth-order valence-corrected chi connectivity index (χ4v) is 3.07. The van der Waals surface area contributed by atoms with Crippen molar-refractivity contribution >= 4 is 0 Å². The highest BCUT2D eigenvalue weighted by molar-refractivity contribution is 5.22. The summed E-state index contributed by atoms with van der Waals surface area (Å²) in [5, 5.41) is 0. The van der Waals surface area contributed by atoms with Crippen LogP contribution in [0.5, 0.6) is 0 Å². The van der Waals surface area contributed by atoms with Crippen LogP contribution in [-0.4, -0.2) is 48.7 Å². The Labute approximate surface area is 125 Å². The second kappa shape index (κ2) is 5.61. The Kier molecular flexibility index (Phi) is 4.41. The first kappa shape index (κ1) is 15.7. The van der Waals surface area contributed by atoms with E-state index in [2.05, 4.69) is 4.90 Å². The highest BCUT2D eigenvalue weighted by Crippen LogP contribution is 2.27. The summed E-state index contributed by atoms with van der Waals surface area (Å²) in [4.78, 5) is 2.29. The minimum atomic E-state index is -1.32. The third-order valence-electron chi connectivity index (χ3n) is 4.37. The van der Waals surface area contributed by atoms with E-state index in [0.717, 1.165) is 39.3 Å². The molecule has 0 spiro atoms. The van der Waals surface area contributed by atoms with Gasteiger partial charge in [0, 0.05) is 25.7 Å². The van der Waals surface area contributed by atoms with E-state index in [9.17, 15) is 17.6 Å². The Hall–Kier alpha value is -0.660. The van der Waals surface area contributed by atoms with Gasteiger partial charge in [-0.2, -0.15) is 0 Å². The van der Waals surface area contributed by atoms with Crippen LogP contribution in [0.25, 0.3) is 0 Å². The molecule has 0 aromatic heterocycles. The number of rotatable bonds is 2. The molecule has 7 heteroatoms. The molecule has 20 heavy (non-hydrogen) atoms. The van der Waals surface area contributed by atoms with Crippen molar-refractivity contribution < 1.29 is 39.0 Å². The molecule has 0 radical (unpaired) electrons. The smallest absolute Gasteiger partial charge is 0.170 e. The Morgan fingerprint density at radius 1 is 0.900 bits per heavy atom. The molecule has 3 aliphatic heterocycles. The predicted molar refractivity (Wildman–Crippen MR) is 61.3 cm³/mol. The van der Waals surface area contributed by atoms with E-state index in [1.54, 1.807) is 0 Å². The van der Waals surface area contributed by atoms with Crippen molar-refractivity contribution in [2.45, 2.75) is 6.54 Å². The van der Waals surface area contributed by atoms with Crippen molar-refractivity contribution in [3.8, 4) is 0 Å². The summed E-state index contributed by atoms with van der Waals surface area (Å²) in [7, 11) is 0. The summed E-state index contributed by atoms with van der Waals surface area (Å²) in [6.07, 6.45) is 0. The third kappa shape index (κ3) is 2.58. The highest BCUT2D eigenvalue weighted by Gasteiger charge is 2.40. The number of piperazine rings is 3. The van der Waals surface area contributed by atoms with Crippen LogP contribution >= 0.6 is 0 Å². The Bertz CT molecular complexity index is 476. The lowest BCUT2D eigenvalue weighted by molar-refractivity contribution is -0.953. The van der Waals surface area contributed by atoms with Crippen molar-refractivity contribution in [3.63, 3.8) is 0 Å². The van der Waals surface area contributed by atoms with E-state index >= 15 is 0 Å². The van der Waals surface area contributed by atoms with Gasteiger partial charge in [-0.05, 0) is 0 Å². The van der Waals surface area contributed by atoms with Crippen molar-refractivity contribution in [2.24, 2.45) is 0 Å². The van der Waals surface area contributed by atoms with Crippen LogP contribution in [0.15, 0.2) is 6.07 Å². The minimum absolute atomic E-state index is 0. The van der Waals surface area contributed by atoms with Crippen LogP contribution in [0.1, 0.15) is 5.56 Å². The maximum atomic E-state index is 13.7. The third-order valence-corrected chi connectivity index (χ3v) is 4.37. The van der Waals surface area contributed by atoms with E-state index in [1.165, 1.54) is 0 Å². The first-order valence-electron chi connectivity index (χ1n) is 6.40. The molecule has 3 saturated heterocycles. The molecule has 4 rings (SSSR count). The number of hydrogen-bond acceptors (Lipinski definition) is 1. The molecule has 112 valence electrons. The van der Waals surface area contributed by atoms with Crippen molar-refractivity contribution in [1.82, 2.24) is 4.90 Å². The van der Waals surface area contributed by atoms with Gasteiger partial charge in [0.25, 0.3) is 0 Å². The van der Waals surface area contributed by atoms with E-state index < -0.39 is 28.8 Å². The second-order valence-corrected chi connectivity index (χ2v) is 5.46. The standard InChI is InChI=1S/C13H15F4N2.BrH/c14-10-7-11(15)13(17)9(12(10)16)8-19-4-1-18(2-5-19)3-6-19;/h7H,1-6,8H2;1H/q+1;/p-1. The highest BCUT2D eigenvalue weighted by atomic mass is 79.9. The molecule has 2 bridgehead atoms. The topological polar surface area (TPSA) is 3.24 Å². The zero-order chi connectivity index (χ0) is 13.6.